The van der Waals surface area contributed by atoms with E-state index in [-0.39, 0.29) is 11.7 Å². The van der Waals surface area contributed by atoms with E-state index < -0.39 is 0 Å². The Morgan fingerprint density at radius 1 is 1.50 bits per heavy atom. The van der Waals surface area contributed by atoms with Crippen molar-refractivity contribution in [2.75, 3.05) is 13.2 Å². The summed E-state index contributed by atoms with van der Waals surface area (Å²) in [7, 11) is 0. The van der Waals surface area contributed by atoms with Crippen molar-refractivity contribution in [3.63, 3.8) is 0 Å². The lowest BCUT2D eigenvalue weighted by Gasteiger charge is -2.20. The lowest BCUT2D eigenvalue weighted by Crippen LogP contribution is -2.24. The zero-order chi connectivity index (χ0) is 11.5. The van der Waals surface area contributed by atoms with Crippen molar-refractivity contribution in [3.05, 3.63) is 23.0 Å². The highest BCUT2D eigenvalue weighted by molar-refractivity contribution is 5.99. The van der Waals surface area contributed by atoms with Crippen LogP contribution in [-0.2, 0) is 4.74 Å². The number of ether oxygens (including phenoxy) is 1. The van der Waals surface area contributed by atoms with Crippen molar-refractivity contribution in [2.45, 2.75) is 19.8 Å². The number of aromatic nitrogens is 1. The van der Waals surface area contributed by atoms with Crippen LogP contribution in [-0.4, -0.2) is 30.3 Å². The highest BCUT2D eigenvalue weighted by Gasteiger charge is 2.25. The fraction of sp³-hybridized carbons (Fsp3) is 0.500. The number of Topliss-reactive ketones (excluding diaryl/α,β-unsaturated/α-hetero) is 1. The maximum Gasteiger partial charge on any atom is 0.182 e. The fourth-order valence-corrected chi connectivity index (χ4v) is 2.05. The molecule has 86 valence electrons. The SMILES string of the molecule is Cc1c(C=O)c[nH]c1C(=O)C1CCOCC1. The molecular weight excluding hydrogens is 206 g/mol. The van der Waals surface area contributed by atoms with Gasteiger partial charge in [-0.1, -0.05) is 0 Å². The van der Waals surface area contributed by atoms with E-state index in [1.54, 1.807) is 13.1 Å². The van der Waals surface area contributed by atoms with E-state index in [2.05, 4.69) is 4.98 Å². The monoisotopic (exact) mass is 221 g/mol. The van der Waals surface area contributed by atoms with Gasteiger partial charge in [-0.15, -0.1) is 0 Å². The van der Waals surface area contributed by atoms with Gasteiger partial charge in [0.2, 0.25) is 0 Å². The number of aldehydes is 1. The average Bonchev–Trinajstić information content (AvgIpc) is 2.70. The van der Waals surface area contributed by atoms with E-state index in [1.165, 1.54) is 0 Å². The summed E-state index contributed by atoms with van der Waals surface area (Å²) >= 11 is 0. The Kier molecular flexibility index (Phi) is 3.19. The average molecular weight is 221 g/mol. The Morgan fingerprint density at radius 3 is 2.75 bits per heavy atom. The Morgan fingerprint density at radius 2 is 2.19 bits per heavy atom. The summed E-state index contributed by atoms with van der Waals surface area (Å²) < 4.78 is 5.22. The smallest absolute Gasteiger partial charge is 0.182 e. The molecule has 0 aromatic carbocycles. The maximum atomic E-state index is 12.1. The van der Waals surface area contributed by atoms with Crippen molar-refractivity contribution in [2.24, 2.45) is 5.92 Å². The number of nitrogens with one attached hydrogen (secondary N) is 1. The normalized spacial score (nSPS) is 17.3. The molecule has 2 rings (SSSR count). The minimum absolute atomic E-state index is 0.0330. The Bertz CT molecular complexity index is 402. The lowest BCUT2D eigenvalue weighted by atomic mass is 9.92. The molecular formula is C12H15NO3. The molecule has 0 amide bonds. The summed E-state index contributed by atoms with van der Waals surface area (Å²) in [6.45, 7) is 3.10. The topological polar surface area (TPSA) is 59.2 Å². The summed E-state index contributed by atoms with van der Waals surface area (Å²) in [5, 5.41) is 0. The first-order valence-electron chi connectivity index (χ1n) is 5.49. The number of ketones is 1. The van der Waals surface area contributed by atoms with Crippen LogP contribution < -0.4 is 0 Å². The van der Waals surface area contributed by atoms with E-state index in [4.69, 9.17) is 4.74 Å². The molecule has 1 aromatic rings. The van der Waals surface area contributed by atoms with Crippen LogP contribution in [0.3, 0.4) is 0 Å². The third-order valence-corrected chi connectivity index (χ3v) is 3.15. The van der Waals surface area contributed by atoms with E-state index >= 15 is 0 Å². The minimum Gasteiger partial charge on any atom is -0.381 e. The van der Waals surface area contributed by atoms with Crippen LogP contribution in [0.2, 0.25) is 0 Å². The third-order valence-electron chi connectivity index (χ3n) is 3.15. The van der Waals surface area contributed by atoms with Gasteiger partial charge in [-0.3, -0.25) is 9.59 Å². The van der Waals surface area contributed by atoms with Crippen molar-refractivity contribution in [1.82, 2.24) is 4.98 Å². The highest BCUT2D eigenvalue weighted by Crippen LogP contribution is 2.22. The van der Waals surface area contributed by atoms with Crippen molar-refractivity contribution >= 4 is 12.1 Å². The third kappa shape index (κ3) is 1.93. The molecule has 1 aliphatic heterocycles. The zero-order valence-corrected chi connectivity index (χ0v) is 9.29. The quantitative estimate of drug-likeness (QED) is 0.624. The Labute approximate surface area is 94.0 Å². The molecule has 0 saturated carbocycles. The number of hydrogen-bond acceptors (Lipinski definition) is 3. The van der Waals surface area contributed by atoms with Gasteiger partial charge in [0.1, 0.15) is 0 Å². The number of rotatable bonds is 3. The first-order valence-corrected chi connectivity index (χ1v) is 5.49. The first kappa shape index (κ1) is 11.1. The molecule has 0 atom stereocenters. The Hall–Kier alpha value is -1.42. The molecule has 0 aliphatic carbocycles. The summed E-state index contributed by atoms with van der Waals surface area (Å²) in [4.78, 5) is 25.7. The van der Waals surface area contributed by atoms with Gasteiger partial charge in [0.05, 0.1) is 5.69 Å². The number of hydrogen-bond donors (Lipinski definition) is 1. The van der Waals surface area contributed by atoms with Crippen LogP contribution in [0.4, 0.5) is 0 Å². The summed E-state index contributed by atoms with van der Waals surface area (Å²) in [5.74, 6) is 0.138. The second-order valence-corrected chi connectivity index (χ2v) is 4.11. The molecule has 0 unspecified atom stereocenters. The predicted octanol–water partition coefficient (Wildman–Crippen LogP) is 1.74. The van der Waals surface area contributed by atoms with Gasteiger partial charge >= 0.3 is 0 Å². The van der Waals surface area contributed by atoms with Gasteiger partial charge in [-0.25, -0.2) is 0 Å². The molecule has 1 saturated heterocycles. The number of carbonyl (C=O) groups excluding carboxylic acids is 2. The molecule has 16 heavy (non-hydrogen) atoms. The van der Waals surface area contributed by atoms with Crippen LogP contribution >= 0.6 is 0 Å². The molecule has 0 bridgehead atoms. The fourth-order valence-electron chi connectivity index (χ4n) is 2.05. The molecule has 1 aromatic heterocycles. The van der Waals surface area contributed by atoms with E-state index in [0.29, 0.717) is 24.5 Å². The molecule has 0 spiro atoms. The van der Waals surface area contributed by atoms with Gasteiger partial charge in [0, 0.05) is 30.9 Å². The van der Waals surface area contributed by atoms with Crippen molar-refractivity contribution in [1.29, 1.82) is 0 Å². The number of carbonyl (C=O) groups is 2. The molecule has 1 N–H and O–H groups in total. The van der Waals surface area contributed by atoms with Crippen molar-refractivity contribution in [3.8, 4) is 0 Å². The summed E-state index contributed by atoms with van der Waals surface area (Å²) in [6, 6.07) is 0. The minimum atomic E-state index is 0.0330. The van der Waals surface area contributed by atoms with Crippen LogP contribution in [0.25, 0.3) is 0 Å². The van der Waals surface area contributed by atoms with Crippen LogP contribution in [0.1, 0.15) is 39.3 Å². The standard InChI is InChI=1S/C12H15NO3/c1-8-10(7-14)6-13-11(8)12(15)9-2-4-16-5-3-9/h6-7,9,13H,2-5H2,1H3. The van der Waals surface area contributed by atoms with E-state index in [9.17, 15) is 9.59 Å². The summed E-state index contributed by atoms with van der Waals surface area (Å²) in [5.41, 5.74) is 1.90. The molecule has 2 heterocycles. The van der Waals surface area contributed by atoms with Gasteiger partial charge < -0.3 is 9.72 Å². The van der Waals surface area contributed by atoms with Crippen LogP contribution in [0.15, 0.2) is 6.20 Å². The molecule has 4 nitrogen and oxygen atoms in total. The molecule has 1 aliphatic rings. The van der Waals surface area contributed by atoms with Gasteiger partial charge in [0.25, 0.3) is 0 Å². The van der Waals surface area contributed by atoms with E-state index in [0.717, 1.165) is 24.7 Å². The molecule has 4 heteroatoms. The van der Waals surface area contributed by atoms with Gasteiger partial charge in [0.15, 0.2) is 12.1 Å². The van der Waals surface area contributed by atoms with Gasteiger partial charge in [-0.2, -0.15) is 0 Å². The zero-order valence-electron chi connectivity index (χ0n) is 9.29. The molecule has 0 radical (unpaired) electrons. The first-order chi connectivity index (χ1) is 7.74. The largest absolute Gasteiger partial charge is 0.381 e. The van der Waals surface area contributed by atoms with Gasteiger partial charge in [-0.05, 0) is 25.3 Å². The van der Waals surface area contributed by atoms with Crippen molar-refractivity contribution < 1.29 is 14.3 Å². The maximum absolute atomic E-state index is 12.1. The summed E-state index contributed by atoms with van der Waals surface area (Å²) in [6.07, 6.45) is 3.91. The lowest BCUT2D eigenvalue weighted by molar-refractivity contribution is 0.0541. The number of H-pyrrole nitrogens is 1. The predicted molar refractivity (Wildman–Crippen MR) is 58.8 cm³/mol. The Balaban J connectivity index is 2.19. The highest BCUT2D eigenvalue weighted by atomic mass is 16.5. The molecule has 1 fully saturated rings. The second kappa shape index (κ2) is 4.61. The number of aromatic amines is 1. The van der Waals surface area contributed by atoms with E-state index in [1.807, 2.05) is 0 Å². The second-order valence-electron chi connectivity index (χ2n) is 4.11. The van der Waals surface area contributed by atoms with Crippen LogP contribution in [0.5, 0.6) is 0 Å². The van der Waals surface area contributed by atoms with Crippen LogP contribution in [0, 0.1) is 12.8 Å².